The molecule has 0 aliphatic rings. The van der Waals surface area contributed by atoms with Crippen LogP contribution in [-0.4, -0.2) is 34.3 Å². The van der Waals surface area contributed by atoms with E-state index in [1.165, 1.54) is 0 Å². The van der Waals surface area contributed by atoms with Gasteiger partial charge in [-0.2, -0.15) is 11.8 Å². The van der Waals surface area contributed by atoms with Crippen LogP contribution >= 0.6 is 11.8 Å². The number of rotatable bonds is 10. The van der Waals surface area contributed by atoms with E-state index in [9.17, 15) is 4.79 Å². The molecule has 0 aliphatic heterocycles. The van der Waals surface area contributed by atoms with Crippen LogP contribution in [0.1, 0.15) is 26.7 Å². The van der Waals surface area contributed by atoms with E-state index in [0.29, 0.717) is 17.9 Å². The summed E-state index contributed by atoms with van der Waals surface area (Å²) in [4.78, 5) is 15.7. The summed E-state index contributed by atoms with van der Waals surface area (Å²) in [6.07, 6.45) is 1.23. The van der Waals surface area contributed by atoms with Crippen LogP contribution in [0.4, 0.5) is 0 Å². The summed E-state index contributed by atoms with van der Waals surface area (Å²) in [6.45, 7) is 7.31. The first-order valence-corrected chi connectivity index (χ1v) is 6.87. The molecule has 5 heteroatoms. The number of thioether (sulfide) groups is 1. The van der Waals surface area contributed by atoms with Crippen LogP contribution in [0.15, 0.2) is 12.3 Å². The second-order valence-electron chi connectivity index (χ2n) is 4.33. The molecule has 0 rings (SSSR count). The third-order valence-corrected chi connectivity index (χ3v) is 3.55. The zero-order valence-electron chi connectivity index (χ0n) is 10.5. The minimum Gasteiger partial charge on any atom is -0.396 e. The molecule has 2 unspecified atom stereocenters. The highest BCUT2D eigenvalue weighted by molar-refractivity contribution is 7.99. The third-order valence-electron chi connectivity index (χ3n) is 2.50. The quantitative estimate of drug-likeness (QED) is 0.274. The van der Waals surface area contributed by atoms with Gasteiger partial charge in [0.05, 0.1) is 5.75 Å². The molecule has 0 aromatic heterocycles. The Morgan fingerprint density at radius 2 is 2.12 bits per heavy atom. The number of aliphatic hydroxyl groups is 1. The lowest BCUT2D eigenvalue weighted by molar-refractivity contribution is -0.201. The van der Waals surface area contributed by atoms with Crippen LogP contribution in [0.2, 0.25) is 0 Å². The van der Waals surface area contributed by atoms with Gasteiger partial charge >= 0.3 is 0 Å². The summed E-state index contributed by atoms with van der Waals surface area (Å²) in [5.41, 5.74) is 0. The number of carbonyl (C=O) groups excluding carboxylic acids is 1. The zero-order chi connectivity index (χ0) is 13.3. The summed E-state index contributed by atoms with van der Waals surface area (Å²) in [7, 11) is 0. The number of aliphatic hydroxyl groups excluding tert-OH is 1. The van der Waals surface area contributed by atoms with Crippen LogP contribution in [0.25, 0.3) is 0 Å². The van der Waals surface area contributed by atoms with Crippen LogP contribution in [0, 0.1) is 11.8 Å². The molecule has 100 valence electrons. The molecule has 0 saturated heterocycles. The van der Waals surface area contributed by atoms with Gasteiger partial charge in [-0.1, -0.05) is 20.4 Å². The highest BCUT2D eigenvalue weighted by Gasteiger charge is 2.15. The van der Waals surface area contributed by atoms with Crippen molar-refractivity contribution >= 4 is 17.5 Å². The van der Waals surface area contributed by atoms with Gasteiger partial charge in [0.15, 0.2) is 0 Å². The number of hydrogen-bond donors (Lipinski definition) is 2. The summed E-state index contributed by atoms with van der Waals surface area (Å²) >= 11 is 1.57. The van der Waals surface area contributed by atoms with Crippen LogP contribution in [-0.2, 0) is 9.68 Å². The van der Waals surface area contributed by atoms with E-state index in [0.717, 1.165) is 12.2 Å². The molecular formula is C12H22O4S. The Labute approximate surface area is 107 Å². The van der Waals surface area contributed by atoms with Gasteiger partial charge in [0.2, 0.25) is 0 Å². The van der Waals surface area contributed by atoms with Crippen LogP contribution < -0.4 is 0 Å². The molecule has 0 aromatic carbocycles. The Bertz CT molecular complexity index is 243. The van der Waals surface area contributed by atoms with Crippen molar-refractivity contribution in [3.05, 3.63) is 12.3 Å². The SMILES string of the molecule is C=C(CSCCC(C)C(=O)CC(C)CO)OO. The van der Waals surface area contributed by atoms with Gasteiger partial charge < -0.3 is 9.99 Å². The average molecular weight is 262 g/mol. The van der Waals surface area contributed by atoms with E-state index in [1.54, 1.807) is 11.8 Å². The molecule has 0 fully saturated rings. The van der Waals surface area contributed by atoms with E-state index in [4.69, 9.17) is 10.4 Å². The lowest BCUT2D eigenvalue weighted by Gasteiger charge is -2.12. The first-order chi connectivity index (χ1) is 8.01. The highest BCUT2D eigenvalue weighted by atomic mass is 32.2. The molecule has 0 spiro atoms. The largest absolute Gasteiger partial charge is 0.396 e. The van der Waals surface area contributed by atoms with Crippen molar-refractivity contribution in [2.24, 2.45) is 11.8 Å². The second kappa shape index (κ2) is 9.50. The Balaban J connectivity index is 3.67. The molecule has 2 N–H and O–H groups in total. The standard InChI is InChI=1S/C12H22O4S/c1-9(7-13)6-12(14)10(2)4-5-17-8-11(3)16-15/h9-10,13,15H,3-8H2,1-2H3. The molecule has 0 heterocycles. The minimum absolute atomic E-state index is 0.0137. The summed E-state index contributed by atoms with van der Waals surface area (Å²) in [5, 5.41) is 17.1. The first-order valence-electron chi connectivity index (χ1n) is 5.71. The van der Waals surface area contributed by atoms with Gasteiger partial charge in [-0.15, -0.1) is 0 Å². The van der Waals surface area contributed by atoms with Crippen molar-refractivity contribution in [3.8, 4) is 0 Å². The predicted octanol–water partition coefficient (Wildman–Crippen LogP) is 2.34. The maximum atomic E-state index is 11.7. The minimum atomic E-state index is 0.0137. The fourth-order valence-corrected chi connectivity index (χ4v) is 2.19. The number of carbonyl (C=O) groups is 1. The molecule has 17 heavy (non-hydrogen) atoms. The molecule has 4 nitrogen and oxygen atoms in total. The maximum absolute atomic E-state index is 11.7. The van der Waals surface area contributed by atoms with E-state index in [2.05, 4.69) is 11.5 Å². The smallest absolute Gasteiger partial charge is 0.144 e. The van der Waals surface area contributed by atoms with Crippen molar-refractivity contribution in [1.29, 1.82) is 0 Å². The van der Waals surface area contributed by atoms with Crippen molar-refractivity contribution in [2.75, 3.05) is 18.1 Å². The molecule has 0 aliphatic carbocycles. The Morgan fingerprint density at radius 1 is 1.47 bits per heavy atom. The lowest BCUT2D eigenvalue weighted by atomic mass is 9.95. The van der Waals surface area contributed by atoms with Crippen molar-refractivity contribution in [2.45, 2.75) is 26.7 Å². The molecule has 0 amide bonds. The van der Waals surface area contributed by atoms with E-state index in [1.807, 2.05) is 13.8 Å². The highest BCUT2D eigenvalue weighted by Crippen LogP contribution is 2.16. The van der Waals surface area contributed by atoms with E-state index < -0.39 is 0 Å². The van der Waals surface area contributed by atoms with Crippen LogP contribution in [0.5, 0.6) is 0 Å². The monoisotopic (exact) mass is 262 g/mol. The van der Waals surface area contributed by atoms with E-state index >= 15 is 0 Å². The number of Topliss-reactive ketones (excluding diaryl/α,β-unsaturated/α-hetero) is 1. The predicted molar refractivity (Wildman–Crippen MR) is 69.8 cm³/mol. The topological polar surface area (TPSA) is 66.8 Å². The average Bonchev–Trinajstić information content (AvgIpc) is 2.33. The van der Waals surface area contributed by atoms with Crippen molar-refractivity contribution < 1.29 is 20.0 Å². The molecule has 0 radical (unpaired) electrons. The Hall–Kier alpha value is -0.520. The molecule has 0 saturated carbocycles. The molecule has 2 atom stereocenters. The number of hydrogen-bond acceptors (Lipinski definition) is 5. The van der Waals surface area contributed by atoms with Crippen LogP contribution in [0.3, 0.4) is 0 Å². The second-order valence-corrected chi connectivity index (χ2v) is 5.44. The third kappa shape index (κ3) is 8.24. The molecule has 0 bridgehead atoms. The molecule has 0 aromatic rings. The van der Waals surface area contributed by atoms with Gasteiger partial charge in [0.1, 0.15) is 11.5 Å². The fourth-order valence-electron chi connectivity index (χ4n) is 1.24. The summed E-state index contributed by atoms with van der Waals surface area (Å²) < 4.78 is 0. The lowest BCUT2D eigenvalue weighted by Crippen LogP contribution is -2.16. The fraction of sp³-hybridized carbons (Fsp3) is 0.750. The zero-order valence-corrected chi connectivity index (χ0v) is 11.3. The summed E-state index contributed by atoms with van der Waals surface area (Å²) in [5.74, 6) is 1.93. The normalized spacial score (nSPS) is 14.1. The van der Waals surface area contributed by atoms with Gasteiger partial charge in [0.25, 0.3) is 0 Å². The maximum Gasteiger partial charge on any atom is 0.144 e. The van der Waals surface area contributed by atoms with Crippen molar-refractivity contribution in [1.82, 2.24) is 0 Å². The summed E-state index contributed by atoms with van der Waals surface area (Å²) in [6, 6.07) is 0. The van der Waals surface area contributed by atoms with Gasteiger partial charge in [-0.3, -0.25) is 4.79 Å². The van der Waals surface area contributed by atoms with Crippen molar-refractivity contribution in [3.63, 3.8) is 0 Å². The van der Waals surface area contributed by atoms with Gasteiger partial charge in [-0.05, 0) is 18.1 Å². The van der Waals surface area contributed by atoms with Gasteiger partial charge in [0, 0.05) is 18.9 Å². The first kappa shape index (κ1) is 16.5. The van der Waals surface area contributed by atoms with Gasteiger partial charge in [-0.25, -0.2) is 5.26 Å². The Morgan fingerprint density at radius 3 is 2.65 bits per heavy atom. The molecular weight excluding hydrogens is 240 g/mol. The van der Waals surface area contributed by atoms with E-state index in [-0.39, 0.29) is 24.2 Å². The number of ketones is 1. The Kier molecular flexibility index (Phi) is 9.21.